The van der Waals surface area contributed by atoms with Crippen LogP contribution in [0.15, 0.2) is 51.8 Å². The van der Waals surface area contributed by atoms with Crippen molar-refractivity contribution in [1.82, 2.24) is 0 Å². The van der Waals surface area contributed by atoms with E-state index in [1.54, 1.807) is 0 Å². The molecule has 2 aromatic carbocycles. The van der Waals surface area contributed by atoms with Crippen LogP contribution in [0.3, 0.4) is 0 Å². The molecule has 2 rings (SSSR count). The van der Waals surface area contributed by atoms with Gasteiger partial charge in [-0.1, -0.05) is 28.1 Å². The van der Waals surface area contributed by atoms with Crippen molar-refractivity contribution in [3.05, 3.63) is 63.6 Å². The van der Waals surface area contributed by atoms with Crippen molar-refractivity contribution in [3.63, 3.8) is 0 Å². The largest absolute Gasteiger partial charge is 0.416 e. The number of hydrogen-bond donors (Lipinski definition) is 0. The van der Waals surface area contributed by atoms with Crippen LogP contribution in [-0.2, 0) is 22.2 Å². The van der Waals surface area contributed by atoms with Crippen LogP contribution in [0.25, 0.3) is 0 Å². The first kappa shape index (κ1) is 20.7. The van der Waals surface area contributed by atoms with E-state index in [9.17, 15) is 39.2 Å². The van der Waals surface area contributed by atoms with Crippen LogP contribution in [0.1, 0.15) is 22.2 Å². The van der Waals surface area contributed by atoms with Gasteiger partial charge < -0.3 is 0 Å². The summed E-state index contributed by atoms with van der Waals surface area (Å²) >= 11 is 3.03. The van der Waals surface area contributed by atoms with E-state index >= 15 is 0 Å². The van der Waals surface area contributed by atoms with Gasteiger partial charge in [-0.15, -0.1) is 0 Å². The molecular weight excluding hydrogens is 457 g/mol. The van der Waals surface area contributed by atoms with Crippen molar-refractivity contribution in [1.29, 1.82) is 0 Å². The Kier molecular flexibility index (Phi) is 5.44. The van der Waals surface area contributed by atoms with Crippen LogP contribution in [0, 0.1) is 0 Å². The zero-order chi connectivity index (χ0) is 19.9. The Morgan fingerprint density at radius 2 is 1.23 bits per heavy atom. The predicted octanol–water partition coefficient (Wildman–Crippen LogP) is 5.93. The highest BCUT2D eigenvalue weighted by molar-refractivity contribution is 9.10. The van der Waals surface area contributed by atoms with Gasteiger partial charge in [-0.05, 0) is 30.3 Å². The highest BCUT2D eigenvalue weighted by Crippen LogP contribution is 2.39. The van der Waals surface area contributed by atoms with Crippen molar-refractivity contribution in [2.24, 2.45) is 0 Å². The minimum absolute atomic E-state index is 0.0178. The fourth-order valence-electron chi connectivity index (χ4n) is 2.00. The summed E-state index contributed by atoms with van der Waals surface area (Å²) in [7, 11) is -5.15. The van der Waals surface area contributed by atoms with E-state index in [-0.39, 0.29) is 18.2 Å². The van der Waals surface area contributed by atoms with Gasteiger partial charge in [0, 0.05) is 10.0 Å². The van der Waals surface area contributed by atoms with E-state index in [4.69, 9.17) is 0 Å². The standard InChI is InChI=1S/C15H8BrF7O2S/c16-11-3-1-8(2-4-11)13(17)26(24,25)12-6-9(14(18,19)20)5-10(7-12)15(21,22)23/h1-7,13H. The molecule has 1 atom stereocenters. The van der Waals surface area contributed by atoms with Crippen molar-refractivity contribution in [2.75, 3.05) is 0 Å². The normalized spacial score (nSPS) is 14.3. The van der Waals surface area contributed by atoms with E-state index in [2.05, 4.69) is 15.9 Å². The molecule has 142 valence electrons. The molecule has 0 bridgehead atoms. The smallest absolute Gasteiger partial charge is 0.224 e. The Hall–Kier alpha value is -1.62. The summed E-state index contributed by atoms with van der Waals surface area (Å²) in [5, 5.41) is 0. The third-order valence-corrected chi connectivity index (χ3v) is 5.53. The van der Waals surface area contributed by atoms with Gasteiger partial charge in [0.05, 0.1) is 16.0 Å². The fraction of sp³-hybridized carbons (Fsp3) is 0.200. The van der Waals surface area contributed by atoms with Gasteiger partial charge in [-0.25, -0.2) is 12.8 Å². The van der Waals surface area contributed by atoms with Gasteiger partial charge in [0.25, 0.3) is 0 Å². The van der Waals surface area contributed by atoms with Crippen LogP contribution in [0.4, 0.5) is 30.7 Å². The molecule has 2 nitrogen and oxygen atoms in total. The second kappa shape index (κ2) is 6.84. The molecule has 26 heavy (non-hydrogen) atoms. The van der Waals surface area contributed by atoms with Crippen LogP contribution in [0.2, 0.25) is 0 Å². The number of benzene rings is 2. The quantitative estimate of drug-likeness (QED) is 0.527. The van der Waals surface area contributed by atoms with Crippen LogP contribution in [-0.4, -0.2) is 8.42 Å². The third kappa shape index (κ3) is 4.37. The Morgan fingerprint density at radius 1 is 0.808 bits per heavy atom. The van der Waals surface area contributed by atoms with E-state index in [1.165, 1.54) is 12.1 Å². The van der Waals surface area contributed by atoms with Gasteiger partial charge >= 0.3 is 12.4 Å². The summed E-state index contributed by atoms with van der Waals surface area (Å²) in [5.41, 5.74) is -6.94. The lowest BCUT2D eigenvalue weighted by Gasteiger charge is -2.16. The van der Waals surface area contributed by atoms with Crippen molar-refractivity contribution < 1.29 is 39.2 Å². The molecule has 0 aliphatic carbocycles. The predicted molar refractivity (Wildman–Crippen MR) is 81.6 cm³/mol. The summed E-state index contributed by atoms with van der Waals surface area (Å²) < 4.78 is 116. The molecule has 0 saturated heterocycles. The molecule has 0 radical (unpaired) electrons. The molecule has 0 aliphatic heterocycles. The van der Waals surface area contributed by atoms with Crippen molar-refractivity contribution in [3.8, 4) is 0 Å². The maximum absolute atomic E-state index is 14.4. The van der Waals surface area contributed by atoms with Gasteiger partial charge in [0.2, 0.25) is 15.3 Å². The summed E-state index contributed by atoms with van der Waals surface area (Å²) in [5.74, 6) is 0. The zero-order valence-electron chi connectivity index (χ0n) is 12.4. The molecule has 0 aliphatic rings. The number of alkyl halides is 7. The Morgan fingerprint density at radius 3 is 1.62 bits per heavy atom. The summed E-state index contributed by atoms with van der Waals surface area (Å²) in [6, 6.07) is 4.39. The maximum atomic E-state index is 14.4. The topological polar surface area (TPSA) is 34.1 Å². The maximum Gasteiger partial charge on any atom is 0.416 e. The third-order valence-electron chi connectivity index (χ3n) is 3.29. The highest BCUT2D eigenvalue weighted by atomic mass is 79.9. The minimum atomic E-state index is -5.24. The first-order valence-corrected chi connectivity index (χ1v) is 9.00. The molecule has 0 heterocycles. The highest BCUT2D eigenvalue weighted by Gasteiger charge is 2.39. The van der Waals surface area contributed by atoms with E-state index in [0.29, 0.717) is 4.47 Å². The summed E-state index contributed by atoms with van der Waals surface area (Å²) in [6.45, 7) is 0. The van der Waals surface area contributed by atoms with E-state index in [1.807, 2.05) is 0 Å². The van der Waals surface area contributed by atoms with E-state index in [0.717, 1.165) is 12.1 Å². The Balaban J connectivity index is 2.63. The van der Waals surface area contributed by atoms with Gasteiger partial charge in [0.1, 0.15) is 0 Å². The van der Waals surface area contributed by atoms with E-state index < -0.39 is 49.3 Å². The molecule has 11 heteroatoms. The Labute approximate surface area is 151 Å². The lowest BCUT2D eigenvalue weighted by atomic mass is 10.1. The SMILES string of the molecule is O=S(=O)(c1cc(C(F)(F)F)cc(C(F)(F)F)c1)C(F)c1ccc(Br)cc1. The number of sulfone groups is 1. The lowest BCUT2D eigenvalue weighted by Crippen LogP contribution is -2.15. The minimum Gasteiger partial charge on any atom is -0.224 e. The van der Waals surface area contributed by atoms with Crippen molar-refractivity contribution >= 4 is 25.8 Å². The first-order chi connectivity index (χ1) is 11.7. The summed E-state index contributed by atoms with van der Waals surface area (Å²) in [4.78, 5) is -1.41. The molecule has 0 N–H and O–H groups in total. The summed E-state index contributed by atoms with van der Waals surface area (Å²) in [6.07, 6.45) is -10.5. The zero-order valence-corrected chi connectivity index (χ0v) is 14.8. The van der Waals surface area contributed by atoms with Gasteiger partial charge in [-0.2, -0.15) is 26.3 Å². The average molecular weight is 465 g/mol. The molecular formula is C15H8BrF7O2S. The number of rotatable bonds is 3. The average Bonchev–Trinajstić information content (AvgIpc) is 2.52. The lowest BCUT2D eigenvalue weighted by molar-refractivity contribution is -0.143. The van der Waals surface area contributed by atoms with Gasteiger partial charge in [0.15, 0.2) is 0 Å². The van der Waals surface area contributed by atoms with Crippen LogP contribution in [0.5, 0.6) is 0 Å². The molecule has 0 saturated carbocycles. The second-order valence-electron chi connectivity index (χ2n) is 5.15. The van der Waals surface area contributed by atoms with Crippen LogP contribution >= 0.6 is 15.9 Å². The monoisotopic (exact) mass is 464 g/mol. The molecule has 0 spiro atoms. The first-order valence-electron chi connectivity index (χ1n) is 6.66. The molecule has 2 aromatic rings. The number of hydrogen-bond acceptors (Lipinski definition) is 2. The van der Waals surface area contributed by atoms with Crippen LogP contribution < -0.4 is 0 Å². The second-order valence-corrected chi connectivity index (χ2v) is 8.05. The molecule has 1 unspecified atom stereocenters. The number of halogens is 8. The molecule has 0 amide bonds. The Bertz CT molecular complexity index is 871. The molecule has 0 aromatic heterocycles. The van der Waals surface area contributed by atoms with Gasteiger partial charge in [-0.3, -0.25) is 0 Å². The molecule has 0 fully saturated rings. The van der Waals surface area contributed by atoms with Crippen molar-refractivity contribution in [2.45, 2.75) is 22.8 Å². The fourth-order valence-corrected chi connectivity index (χ4v) is 3.60.